The maximum atomic E-state index is 10.6. The number of rotatable bonds is 6. The molecule has 0 radical (unpaired) electrons. The zero-order valence-electron chi connectivity index (χ0n) is 8.01. The highest BCUT2D eigenvalue weighted by molar-refractivity contribution is 7.13. The van der Waals surface area contributed by atoms with Crippen molar-refractivity contribution < 1.29 is 20.1 Å². The summed E-state index contributed by atoms with van der Waals surface area (Å²) in [6, 6.07) is 2.89. The molecule has 0 aliphatic carbocycles. The molecule has 0 aromatic carbocycles. The van der Waals surface area contributed by atoms with Gasteiger partial charge in [0.1, 0.15) is 4.88 Å². The van der Waals surface area contributed by atoms with E-state index in [0.717, 1.165) is 4.88 Å². The fourth-order valence-corrected chi connectivity index (χ4v) is 1.82. The third kappa shape index (κ3) is 3.60. The van der Waals surface area contributed by atoms with Crippen LogP contribution in [0, 0.1) is 0 Å². The van der Waals surface area contributed by atoms with Crippen molar-refractivity contribution in [3.8, 4) is 0 Å². The van der Waals surface area contributed by atoms with Crippen LogP contribution in [-0.2, 0) is 6.54 Å². The minimum absolute atomic E-state index is 0.145. The Hall–Kier alpha value is -0.950. The van der Waals surface area contributed by atoms with Crippen LogP contribution < -0.4 is 5.32 Å². The predicted octanol–water partition coefficient (Wildman–Crippen LogP) is -0.111. The summed E-state index contributed by atoms with van der Waals surface area (Å²) in [5.41, 5.74) is 0. The number of aliphatic hydroxyl groups excluding tert-OH is 2. The number of carboxylic acid groups (broad SMARTS) is 1. The molecule has 0 saturated carbocycles. The predicted molar refractivity (Wildman–Crippen MR) is 56.1 cm³/mol. The van der Waals surface area contributed by atoms with Crippen LogP contribution in [0.1, 0.15) is 14.5 Å². The number of carboxylic acids is 1. The normalized spacial score (nSPS) is 10.9. The van der Waals surface area contributed by atoms with E-state index in [1.165, 1.54) is 17.4 Å². The fraction of sp³-hybridized carbons (Fsp3) is 0.444. The van der Waals surface area contributed by atoms with Gasteiger partial charge in [-0.15, -0.1) is 11.3 Å². The molecular weight excluding hydrogens is 218 g/mol. The molecule has 0 unspecified atom stereocenters. The third-order valence-corrected chi connectivity index (χ3v) is 2.95. The summed E-state index contributed by atoms with van der Waals surface area (Å²) in [6.45, 7) is 0.158. The Morgan fingerprint density at radius 1 is 1.40 bits per heavy atom. The van der Waals surface area contributed by atoms with Gasteiger partial charge in [-0.3, -0.25) is 0 Å². The molecule has 5 nitrogen and oxygen atoms in total. The third-order valence-electron chi connectivity index (χ3n) is 1.88. The highest BCUT2D eigenvalue weighted by Crippen LogP contribution is 2.16. The second-order valence-corrected chi connectivity index (χ2v) is 4.18. The van der Waals surface area contributed by atoms with Gasteiger partial charge in [-0.05, 0) is 12.1 Å². The maximum absolute atomic E-state index is 10.6. The summed E-state index contributed by atoms with van der Waals surface area (Å²) < 4.78 is 0. The SMILES string of the molecule is O=C(O)c1ccc(CNC(CO)CO)s1. The van der Waals surface area contributed by atoms with Gasteiger partial charge in [0.15, 0.2) is 0 Å². The molecule has 1 rings (SSSR count). The number of aliphatic hydroxyl groups is 2. The Kier molecular flexibility index (Phi) is 4.70. The zero-order valence-corrected chi connectivity index (χ0v) is 8.83. The van der Waals surface area contributed by atoms with Crippen molar-refractivity contribution in [1.82, 2.24) is 5.32 Å². The first-order valence-electron chi connectivity index (χ1n) is 4.44. The van der Waals surface area contributed by atoms with Gasteiger partial charge in [0.25, 0.3) is 0 Å². The first-order chi connectivity index (χ1) is 7.17. The maximum Gasteiger partial charge on any atom is 0.345 e. The molecule has 0 aliphatic heterocycles. The van der Waals surface area contributed by atoms with Crippen molar-refractivity contribution in [3.05, 3.63) is 21.9 Å². The lowest BCUT2D eigenvalue weighted by Crippen LogP contribution is -2.34. The van der Waals surface area contributed by atoms with E-state index in [4.69, 9.17) is 15.3 Å². The number of hydrogen-bond acceptors (Lipinski definition) is 5. The summed E-state index contributed by atoms with van der Waals surface area (Å²) >= 11 is 1.18. The molecule has 0 amide bonds. The average molecular weight is 231 g/mol. The first kappa shape index (κ1) is 12.1. The van der Waals surface area contributed by atoms with E-state index in [9.17, 15) is 4.79 Å². The van der Waals surface area contributed by atoms with Crippen LogP contribution in [0.15, 0.2) is 12.1 Å². The van der Waals surface area contributed by atoms with E-state index < -0.39 is 5.97 Å². The summed E-state index contributed by atoms with van der Waals surface area (Å²) in [5, 5.41) is 29.2. The summed E-state index contributed by atoms with van der Waals surface area (Å²) in [6.07, 6.45) is 0. The molecular formula is C9H13NO4S. The van der Waals surface area contributed by atoms with E-state index in [-0.39, 0.29) is 24.1 Å². The van der Waals surface area contributed by atoms with Gasteiger partial charge in [-0.25, -0.2) is 4.79 Å². The topological polar surface area (TPSA) is 89.8 Å². The molecule has 0 aliphatic rings. The molecule has 84 valence electrons. The number of hydrogen-bond donors (Lipinski definition) is 4. The van der Waals surface area contributed by atoms with E-state index in [0.29, 0.717) is 6.54 Å². The Labute approximate surface area is 91.0 Å². The van der Waals surface area contributed by atoms with Gasteiger partial charge in [0.05, 0.1) is 19.3 Å². The van der Waals surface area contributed by atoms with E-state index in [2.05, 4.69) is 5.32 Å². The van der Waals surface area contributed by atoms with Crippen molar-refractivity contribution in [1.29, 1.82) is 0 Å². The monoisotopic (exact) mass is 231 g/mol. The number of carbonyl (C=O) groups is 1. The number of aromatic carboxylic acids is 1. The molecule has 4 N–H and O–H groups in total. The Morgan fingerprint density at radius 2 is 2.07 bits per heavy atom. The van der Waals surface area contributed by atoms with E-state index >= 15 is 0 Å². The molecule has 0 fully saturated rings. The van der Waals surface area contributed by atoms with Crippen LogP contribution in [-0.4, -0.2) is 40.5 Å². The molecule has 6 heteroatoms. The Bertz CT molecular complexity index is 322. The summed E-state index contributed by atoms with van der Waals surface area (Å²) in [4.78, 5) is 11.7. The molecule has 0 spiro atoms. The number of thiophene rings is 1. The first-order valence-corrected chi connectivity index (χ1v) is 5.26. The van der Waals surface area contributed by atoms with Crippen molar-refractivity contribution in [2.75, 3.05) is 13.2 Å². The second kappa shape index (κ2) is 5.82. The lowest BCUT2D eigenvalue weighted by Gasteiger charge is -2.11. The van der Waals surface area contributed by atoms with Crippen LogP contribution in [0.25, 0.3) is 0 Å². The van der Waals surface area contributed by atoms with Crippen molar-refractivity contribution in [2.24, 2.45) is 0 Å². The summed E-state index contributed by atoms with van der Waals surface area (Å²) in [7, 11) is 0. The van der Waals surface area contributed by atoms with Crippen molar-refractivity contribution in [2.45, 2.75) is 12.6 Å². The largest absolute Gasteiger partial charge is 0.477 e. The van der Waals surface area contributed by atoms with Gasteiger partial charge >= 0.3 is 5.97 Å². The van der Waals surface area contributed by atoms with Crippen molar-refractivity contribution >= 4 is 17.3 Å². The standard InChI is InChI=1S/C9H13NO4S/c11-4-6(5-12)10-3-7-1-2-8(15-7)9(13)14/h1-2,6,10-12H,3-5H2,(H,13,14). The van der Waals surface area contributed by atoms with Crippen LogP contribution >= 0.6 is 11.3 Å². The molecule has 1 aromatic heterocycles. The van der Waals surface area contributed by atoms with Gasteiger partial charge in [0.2, 0.25) is 0 Å². The van der Waals surface area contributed by atoms with E-state index in [1.54, 1.807) is 6.07 Å². The lowest BCUT2D eigenvalue weighted by atomic mass is 10.3. The highest BCUT2D eigenvalue weighted by Gasteiger charge is 2.08. The van der Waals surface area contributed by atoms with Gasteiger partial charge in [-0.1, -0.05) is 0 Å². The molecule has 0 bridgehead atoms. The molecule has 0 saturated heterocycles. The van der Waals surface area contributed by atoms with Crippen molar-refractivity contribution in [3.63, 3.8) is 0 Å². The minimum Gasteiger partial charge on any atom is -0.477 e. The quantitative estimate of drug-likeness (QED) is 0.548. The minimum atomic E-state index is -0.938. The number of nitrogens with one attached hydrogen (secondary N) is 1. The molecule has 15 heavy (non-hydrogen) atoms. The summed E-state index contributed by atoms with van der Waals surface area (Å²) in [5.74, 6) is -0.938. The van der Waals surface area contributed by atoms with Crippen LogP contribution in [0.4, 0.5) is 0 Å². The van der Waals surface area contributed by atoms with Gasteiger partial charge in [0, 0.05) is 11.4 Å². The average Bonchev–Trinajstić information content (AvgIpc) is 2.68. The molecule has 1 heterocycles. The Balaban J connectivity index is 2.47. The highest BCUT2D eigenvalue weighted by atomic mass is 32.1. The zero-order chi connectivity index (χ0) is 11.3. The second-order valence-electron chi connectivity index (χ2n) is 3.01. The van der Waals surface area contributed by atoms with Gasteiger partial charge in [-0.2, -0.15) is 0 Å². The van der Waals surface area contributed by atoms with E-state index in [1.807, 2.05) is 0 Å². The van der Waals surface area contributed by atoms with Crippen LogP contribution in [0.2, 0.25) is 0 Å². The lowest BCUT2D eigenvalue weighted by molar-refractivity contribution is 0.0702. The fourth-order valence-electron chi connectivity index (χ4n) is 1.02. The Morgan fingerprint density at radius 3 is 2.53 bits per heavy atom. The van der Waals surface area contributed by atoms with Crippen LogP contribution in [0.3, 0.4) is 0 Å². The van der Waals surface area contributed by atoms with Crippen LogP contribution in [0.5, 0.6) is 0 Å². The smallest absolute Gasteiger partial charge is 0.345 e. The molecule has 1 aromatic rings. The van der Waals surface area contributed by atoms with Gasteiger partial charge < -0.3 is 20.6 Å². The molecule has 0 atom stereocenters.